The number of imide groups is 1. The molecule has 6 N–H and O–H groups in total. The van der Waals surface area contributed by atoms with E-state index in [2.05, 4.69) is 10.6 Å². The number of rotatable bonds is 10. The number of carboxylic acid groups (broad SMARTS) is 1. The molecule has 0 aliphatic rings. The summed E-state index contributed by atoms with van der Waals surface area (Å²) in [7, 11) is 0. The van der Waals surface area contributed by atoms with Gasteiger partial charge < -0.3 is 21.5 Å². The molecule has 3 amide bonds. The number of nitrogens with two attached hydrogens (primary N) is 1. The van der Waals surface area contributed by atoms with Gasteiger partial charge in [-0.3, -0.25) is 24.7 Å². The zero-order valence-electron chi connectivity index (χ0n) is 16.5. The smallest absolute Gasteiger partial charge is 0.326 e. The van der Waals surface area contributed by atoms with E-state index < -0.39 is 35.8 Å². The first-order valence-corrected chi connectivity index (χ1v) is 9.08. The maximum absolute atomic E-state index is 12.9. The van der Waals surface area contributed by atoms with Crippen LogP contribution >= 0.6 is 0 Å². The van der Waals surface area contributed by atoms with Crippen LogP contribution in [0.15, 0.2) is 30.3 Å². The van der Waals surface area contributed by atoms with Crippen LogP contribution in [0.4, 0.5) is 0 Å². The average molecular weight is 405 g/mol. The Morgan fingerprint density at radius 2 is 1.72 bits per heavy atom. The molecule has 0 aliphatic carbocycles. The third-order valence-corrected chi connectivity index (χ3v) is 4.16. The molecule has 2 unspecified atom stereocenters. The van der Waals surface area contributed by atoms with E-state index in [9.17, 15) is 24.3 Å². The molecule has 0 saturated heterocycles. The maximum Gasteiger partial charge on any atom is 0.326 e. The largest absolute Gasteiger partial charge is 0.480 e. The first kappa shape index (κ1) is 23.6. The molecular formula is C19H27N5O5. The molecule has 1 aromatic rings. The lowest BCUT2D eigenvalue weighted by atomic mass is 10.0. The summed E-state index contributed by atoms with van der Waals surface area (Å²) in [5, 5.41) is 21.5. The van der Waals surface area contributed by atoms with E-state index in [0.717, 1.165) is 10.5 Å². The number of carboxylic acids is 1. The molecule has 1 aromatic carbocycles. The van der Waals surface area contributed by atoms with Gasteiger partial charge in [0.15, 0.2) is 5.96 Å². The van der Waals surface area contributed by atoms with Crippen molar-refractivity contribution in [2.24, 2.45) is 5.73 Å². The van der Waals surface area contributed by atoms with Crippen molar-refractivity contribution in [1.82, 2.24) is 15.5 Å². The summed E-state index contributed by atoms with van der Waals surface area (Å²) in [4.78, 5) is 49.2. The third kappa shape index (κ3) is 7.99. The zero-order valence-corrected chi connectivity index (χ0v) is 16.5. The van der Waals surface area contributed by atoms with Crippen LogP contribution in [0, 0.1) is 5.41 Å². The van der Waals surface area contributed by atoms with Gasteiger partial charge in [-0.15, -0.1) is 0 Å². The van der Waals surface area contributed by atoms with E-state index in [1.54, 1.807) is 30.3 Å². The van der Waals surface area contributed by atoms with E-state index in [4.69, 9.17) is 11.1 Å². The first-order chi connectivity index (χ1) is 13.6. The van der Waals surface area contributed by atoms with Crippen LogP contribution in [-0.2, 0) is 25.6 Å². The van der Waals surface area contributed by atoms with E-state index in [1.807, 2.05) is 0 Å². The number of amides is 3. The Morgan fingerprint density at radius 3 is 2.21 bits per heavy atom. The lowest BCUT2D eigenvalue weighted by Crippen LogP contribution is -2.55. The minimum atomic E-state index is -1.24. The summed E-state index contributed by atoms with van der Waals surface area (Å²) >= 11 is 0. The fraction of sp³-hybridized carbons (Fsp3) is 0.421. The Kier molecular flexibility index (Phi) is 9.30. The van der Waals surface area contributed by atoms with Crippen molar-refractivity contribution in [2.45, 2.75) is 45.2 Å². The fourth-order valence-electron chi connectivity index (χ4n) is 2.85. The predicted molar refractivity (Wildman–Crippen MR) is 106 cm³/mol. The summed E-state index contributed by atoms with van der Waals surface area (Å²) in [5.41, 5.74) is 5.89. The molecule has 2 atom stereocenters. The van der Waals surface area contributed by atoms with Crippen molar-refractivity contribution in [2.75, 3.05) is 6.54 Å². The predicted octanol–water partition coefficient (Wildman–Crippen LogP) is -0.175. The van der Waals surface area contributed by atoms with Gasteiger partial charge >= 0.3 is 5.97 Å². The molecule has 0 aliphatic heterocycles. The van der Waals surface area contributed by atoms with Gasteiger partial charge in [0.25, 0.3) is 0 Å². The molecule has 0 fully saturated rings. The average Bonchev–Trinajstić information content (AvgIpc) is 2.63. The Morgan fingerprint density at radius 1 is 1.14 bits per heavy atom. The molecule has 1 rings (SSSR count). The number of hydrogen-bond acceptors (Lipinski definition) is 5. The second kappa shape index (κ2) is 11.4. The van der Waals surface area contributed by atoms with Crippen molar-refractivity contribution in [1.29, 1.82) is 5.41 Å². The van der Waals surface area contributed by atoms with Gasteiger partial charge in [-0.1, -0.05) is 30.3 Å². The number of nitrogens with one attached hydrogen (secondary N) is 3. The van der Waals surface area contributed by atoms with Crippen LogP contribution in [0.1, 0.15) is 32.3 Å². The summed E-state index contributed by atoms with van der Waals surface area (Å²) in [5.74, 6) is -3.41. The lowest BCUT2D eigenvalue weighted by Gasteiger charge is -2.28. The number of guanidine groups is 1. The van der Waals surface area contributed by atoms with Crippen LogP contribution in [0.5, 0.6) is 0 Å². The SMILES string of the molecule is CC(=O)N(C(C)=O)C(Cc1ccccc1)C(=O)NC(CCCNC(=N)N)C(=O)O. The molecule has 0 radical (unpaired) electrons. The van der Waals surface area contributed by atoms with Crippen molar-refractivity contribution in [3.63, 3.8) is 0 Å². The molecule has 0 spiro atoms. The molecular weight excluding hydrogens is 378 g/mol. The monoisotopic (exact) mass is 405 g/mol. The van der Waals surface area contributed by atoms with E-state index in [-0.39, 0.29) is 25.3 Å². The van der Waals surface area contributed by atoms with Crippen molar-refractivity contribution in [3.8, 4) is 0 Å². The van der Waals surface area contributed by atoms with E-state index in [0.29, 0.717) is 6.42 Å². The maximum atomic E-state index is 12.9. The number of nitrogens with zero attached hydrogens (tertiary/aromatic N) is 1. The molecule has 0 bridgehead atoms. The van der Waals surface area contributed by atoms with Gasteiger partial charge in [0, 0.05) is 26.8 Å². The minimum Gasteiger partial charge on any atom is -0.480 e. The van der Waals surface area contributed by atoms with Crippen LogP contribution in [-0.4, -0.2) is 58.3 Å². The second-order valence-corrected chi connectivity index (χ2v) is 6.50. The highest BCUT2D eigenvalue weighted by Gasteiger charge is 2.33. The summed E-state index contributed by atoms with van der Waals surface area (Å²) in [6, 6.07) is 6.43. The van der Waals surface area contributed by atoms with Crippen molar-refractivity contribution < 1.29 is 24.3 Å². The molecule has 0 heterocycles. The fourth-order valence-corrected chi connectivity index (χ4v) is 2.85. The van der Waals surface area contributed by atoms with Gasteiger partial charge in [0.1, 0.15) is 12.1 Å². The van der Waals surface area contributed by atoms with Gasteiger partial charge in [-0.25, -0.2) is 4.79 Å². The molecule has 10 nitrogen and oxygen atoms in total. The second-order valence-electron chi connectivity index (χ2n) is 6.50. The summed E-state index contributed by atoms with van der Waals surface area (Å²) in [6.45, 7) is 2.62. The molecule has 29 heavy (non-hydrogen) atoms. The normalized spacial score (nSPS) is 12.3. The topological polar surface area (TPSA) is 166 Å². The Hall–Kier alpha value is -3.43. The van der Waals surface area contributed by atoms with Gasteiger partial charge in [0.05, 0.1) is 0 Å². The Bertz CT molecular complexity index is 739. The number of hydrogen-bond donors (Lipinski definition) is 5. The number of benzene rings is 1. The molecule has 158 valence electrons. The number of aliphatic carboxylic acids is 1. The number of carbonyl (C=O) groups excluding carboxylic acids is 3. The van der Waals surface area contributed by atoms with Gasteiger partial charge in [0.2, 0.25) is 17.7 Å². The Labute approximate surface area is 169 Å². The molecule has 0 saturated carbocycles. The van der Waals surface area contributed by atoms with E-state index >= 15 is 0 Å². The standard InChI is InChI=1S/C19H27N5O5/c1-12(25)24(13(2)26)16(11-14-7-4-3-5-8-14)17(27)23-15(18(28)29)9-6-10-22-19(20)21/h3-5,7-8,15-16H,6,9-11H2,1-2H3,(H,23,27)(H,28,29)(H4,20,21,22). The highest BCUT2D eigenvalue weighted by atomic mass is 16.4. The third-order valence-electron chi connectivity index (χ3n) is 4.16. The van der Waals surface area contributed by atoms with E-state index in [1.165, 1.54) is 13.8 Å². The minimum absolute atomic E-state index is 0.0596. The first-order valence-electron chi connectivity index (χ1n) is 9.08. The van der Waals surface area contributed by atoms with Crippen molar-refractivity contribution in [3.05, 3.63) is 35.9 Å². The summed E-state index contributed by atoms with van der Waals surface area (Å²) in [6.07, 6.45) is 0.479. The number of carbonyl (C=O) groups is 4. The van der Waals surface area contributed by atoms with Gasteiger partial charge in [-0.05, 0) is 18.4 Å². The highest BCUT2D eigenvalue weighted by Crippen LogP contribution is 2.12. The summed E-state index contributed by atoms with van der Waals surface area (Å²) < 4.78 is 0. The van der Waals surface area contributed by atoms with Crippen LogP contribution in [0.2, 0.25) is 0 Å². The lowest BCUT2D eigenvalue weighted by molar-refractivity contribution is -0.150. The zero-order chi connectivity index (χ0) is 22.0. The molecule has 0 aromatic heterocycles. The quantitative estimate of drug-likeness (QED) is 0.205. The highest BCUT2D eigenvalue weighted by molar-refractivity contribution is 5.99. The van der Waals surface area contributed by atoms with Crippen LogP contribution in [0.3, 0.4) is 0 Å². The molecule has 10 heteroatoms. The van der Waals surface area contributed by atoms with Crippen LogP contribution in [0.25, 0.3) is 0 Å². The van der Waals surface area contributed by atoms with Gasteiger partial charge in [-0.2, -0.15) is 0 Å². The Balaban J connectivity index is 2.98. The van der Waals surface area contributed by atoms with Crippen molar-refractivity contribution >= 4 is 29.7 Å². The van der Waals surface area contributed by atoms with Crippen LogP contribution < -0.4 is 16.4 Å².